The Morgan fingerprint density at radius 2 is 1.70 bits per heavy atom. The van der Waals surface area contributed by atoms with Gasteiger partial charge < -0.3 is 10.2 Å². The SMILES string of the molecule is CC(C)c1ccc(CCNC(=O)c2ccc(CN3CCCC3=O)cc2)cc1. The van der Waals surface area contributed by atoms with E-state index in [4.69, 9.17) is 0 Å². The van der Waals surface area contributed by atoms with Crippen molar-refractivity contribution in [1.82, 2.24) is 10.2 Å². The highest BCUT2D eigenvalue weighted by atomic mass is 16.2. The molecule has 0 bridgehead atoms. The summed E-state index contributed by atoms with van der Waals surface area (Å²) in [5.41, 5.74) is 4.28. The Kier molecular flexibility index (Phi) is 6.28. The second-order valence-corrected chi connectivity index (χ2v) is 7.52. The Labute approximate surface area is 161 Å². The van der Waals surface area contributed by atoms with E-state index in [0.29, 0.717) is 31.0 Å². The van der Waals surface area contributed by atoms with E-state index in [1.165, 1.54) is 11.1 Å². The summed E-state index contributed by atoms with van der Waals surface area (Å²) in [4.78, 5) is 25.9. The summed E-state index contributed by atoms with van der Waals surface area (Å²) in [7, 11) is 0. The highest BCUT2D eigenvalue weighted by molar-refractivity contribution is 5.94. The van der Waals surface area contributed by atoms with Crippen LogP contribution in [0, 0.1) is 0 Å². The van der Waals surface area contributed by atoms with Crippen molar-refractivity contribution in [3.8, 4) is 0 Å². The van der Waals surface area contributed by atoms with Crippen LogP contribution in [0.4, 0.5) is 0 Å². The molecule has 0 atom stereocenters. The Balaban J connectivity index is 1.47. The van der Waals surface area contributed by atoms with Crippen molar-refractivity contribution >= 4 is 11.8 Å². The topological polar surface area (TPSA) is 49.4 Å². The molecule has 1 aliphatic rings. The van der Waals surface area contributed by atoms with Crippen molar-refractivity contribution in [2.24, 2.45) is 0 Å². The van der Waals surface area contributed by atoms with Crippen LogP contribution in [0.1, 0.15) is 59.7 Å². The van der Waals surface area contributed by atoms with Crippen LogP contribution in [0.2, 0.25) is 0 Å². The van der Waals surface area contributed by atoms with E-state index >= 15 is 0 Å². The monoisotopic (exact) mass is 364 g/mol. The van der Waals surface area contributed by atoms with Gasteiger partial charge in [-0.15, -0.1) is 0 Å². The summed E-state index contributed by atoms with van der Waals surface area (Å²) >= 11 is 0. The number of carbonyl (C=O) groups excluding carboxylic acids is 2. The second-order valence-electron chi connectivity index (χ2n) is 7.52. The minimum absolute atomic E-state index is 0.0578. The number of rotatable bonds is 7. The smallest absolute Gasteiger partial charge is 0.251 e. The lowest BCUT2D eigenvalue weighted by Gasteiger charge is -2.15. The molecule has 1 saturated heterocycles. The van der Waals surface area contributed by atoms with Crippen LogP contribution in [0.5, 0.6) is 0 Å². The van der Waals surface area contributed by atoms with Gasteiger partial charge in [0.1, 0.15) is 0 Å². The van der Waals surface area contributed by atoms with E-state index in [0.717, 1.165) is 24.9 Å². The molecule has 2 aromatic carbocycles. The lowest BCUT2D eigenvalue weighted by Crippen LogP contribution is -2.26. The predicted octanol–water partition coefficient (Wildman–Crippen LogP) is 3.90. The van der Waals surface area contributed by atoms with E-state index in [2.05, 4.69) is 43.4 Å². The molecule has 4 nitrogen and oxygen atoms in total. The van der Waals surface area contributed by atoms with Gasteiger partial charge in [0, 0.05) is 31.6 Å². The first-order valence-electron chi connectivity index (χ1n) is 9.76. The fraction of sp³-hybridized carbons (Fsp3) is 0.391. The molecule has 1 heterocycles. The third-order valence-electron chi connectivity index (χ3n) is 5.11. The minimum Gasteiger partial charge on any atom is -0.352 e. The van der Waals surface area contributed by atoms with E-state index in [1.807, 2.05) is 29.2 Å². The first-order valence-corrected chi connectivity index (χ1v) is 9.76. The standard InChI is InChI=1S/C23H28N2O2/c1-17(2)20-9-5-18(6-10-20)13-14-24-23(27)21-11-7-19(8-12-21)16-25-15-3-4-22(25)26/h5-12,17H,3-4,13-16H2,1-2H3,(H,24,27). The third kappa shape index (κ3) is 5.19. The van der Waals surface area contributed by atoms with Gasteiger partial charge >= 0.3 is 0 Å². The van der Waals surface area contributed by atoms with Gasteiger partial charge in [0.2, 0.25) is 5.91 Å². The molecule has 142 valence electrons. The normalized spacial score (nSPS) is 14.0. The maximum absolute atomic E-state index is 12.3. The Hall–Kier alpha value is -2.62. The number of likely N-dealkylation sites (tertiary alicyclic amines) is 1. The van der Waals surface area contributed by atoms with Crippen molar-refractivity contribution in [2.75, 3.05) is 13.1 Å². The van der Waals surface area contributed by atoms with Crippen LogP contribution in [-0.2, 0) is 17.8 Å². The average molecular weight is 364 g/mol. The van der Waals surface area contributed by atoms with Crippen molar-refractivity contribution in [2.45, 2.75) is 45.6 Å². The third-order valence-corrected chi connectivity index (χ3v) is 5.11. The van der Waals surface area contributed by atoms with Gasteiger partial charge in [-0.25, -0.2) is 0 Å². The number of hydrogen-bond donors (Lipinski definition) is 1. The lowest BCUT2D eigenvalue weighted by molar-refractivity contribution is -0.128. The molecule has 2 amide bonds. The molecule has 27 heavy (non-hydrogen) atoms. The predicted molar refractivity (Wildman–Crippen MR) is 108 cm³/mol. The molecule has 2 aromatic rings. The number of hydrogen-bond acceptors (Lipinski definition) is 2. The van der Waals surface area contributed by atoms with E-state index in [9.17, 15) is 9.59 Å². The lowest BCUT2D eigenvalue weighted by atomic mass is 10.0. The van der Waals surface area contributed by atoms with Crippen LogP contribution in [-0.4, -0.2) is 29.8 Å². The quantitative estimate of drug-likeness (QED) is 0.810. The fourth-order valence-electron chi connectivity index (χ4n) is 3.34. The first kappa shape index (κ1) is 19.2. The molecule has 3 rings (SSSR count). The molecular formula is C23H28N2O2. The molecule has 1 aliphatic heterocycles. The van der Waals surface area contributed by atoms with Gasteiger partial charge in [0.25, 0.3) is 5.91 Å². The van der Waals surface area contributed by atoms with Crippen LogP contribution < -0.4 is 5.32 Å². The molecule has 4 heteroatoms. The minimum atomic E-state index is -0.0578. The van der Waals surface area contributed by atoms with Crippen LogP contribution in [0.25, 0.3) is 0 Å². The van der Waals surface area contributed by atoms with Crippen molar-refractivity contribution < 1.29 is 9.59 Å². The van der Waals surface area contributed by atoms with E-state index < -0.39 is 0 Å². The number of nitrogens with one attached hydrogen (secondary N) is 1. The zero-order valence-electron chi connectivity index (χ0n) is 16.2. The first-order chi connectivity index (χ1) is 13.0. The maximum atomic E-state index is 12.3. The number of amides is 2. The van der Waals surface area contributed by atoms with Gasteiger partial charge in [-0.2, -0.15) is 0 Å². The van der Waals surface area contributed by atoms with Crippen LogP contribution >= 0.6 is 0 Å². The van der Waals surface area contributed by atoms with Crippen LogP contribution in [0.15, 0.2) is 48.5 Å². The van der Waals surface area contributed by atoms with Gasteiger partial charge in [-0.3, -0.25) is 9.59 Å². The highest BCUT2D eigenvalue weighted by Gasteiger charge is 2.19. The van der Waals surface area contributed by atoms with Gasteiger partial charge in [-0.05, 0) is 47.6 Å². The van der Waals surface area contributed by atoms with Gasteiger partial charge in [0.15, 0.2) is 0 Å². The Morgan fingerprint density at radius 1 is 1.04 bits per heavy atom. The van der Waals surface area contributed by atoms with E-state index in [-0.39, 0.29) is 11.8 Å². The van der Waals surface area contributed by atoms with Crippen molar-refractivity contribution in [3.05, 3.63) is 70.8 Å². The molecule has 0 aliphatic carbocycles. The van der Waals surface area contributed by atoms with Crippen molar-refractivity contribution in [3.63, 3.8) is 0 Å². The Bertz CT molecular complexity index is 779. The highest BCUT2D eigenvalue weighted by Crippen LogP contribution is 2.16. The summed E-state index contributed by atoms with van der Waals surface area (Å²) in [5.74, 6) is 0.696. The average Bonchev–Trinajstić information content (AvgIpc) is 3.07. The molecule has 0 spiro atoms. The summed E-state index contributed by atoms with van der Waals surface area (Å²) in [5, 5.41) is 2.98. The van der Waals surface area contributed by atoms with Gasteiger partial charge in [-0.1, -0.05) is 50.2 Å². The molecule has 1 fully saturated rings. The number of benzene rings is 2. The summed E-state index contributed by atoms with van der Waals surface area (Å²) in [6.07, 6.45) is 2.42. The maximum Gasteiger partial charge on any atom is 0.251 e. The number of carbonyl (C=O) groups is 2. The molecular weight excluding hydrogens is 336 g/mol. The zero-order valence-corrected chi connectivity index (χ0v) is 16.2. The molecule has 0 aromatic heterocycles. The molecule has 0 radical (unpaired) electrons. The molecule has 0 unspecified atom stereocenters. The number of nitrogens with zero attached hydrogens (tertiary/aromatic N) is 1. The van der Waals surface area contributed by atoms with Crippen LogP contribution in [0.3, 0.4) is 0 Å². The molecule has 1 N–H and O–H groups in total. The molecule has 0 saturated carbocycles. The van der Waals surface area contributed by atoms with Gasteiger partial charge in [0.05, 0.1) is 0 Å². The summed E-state index contributed by atoms with van der Waals surface area (Å²) in [6, 6.07) is 16.1. The zero-order chi connectivity index (χ0) is 19.2. The summed E-state index contributed by atoms with van der Waals surface area (Å²) in [6.45, 7) is 6.45. The second kappa shape index (κ2) is 8.85. The Morgan fingerprint density at radius 3 is 2.30 bits per heavy atom. The largest absolute Gasteiger partial charge is 0.352 e. The van der Waals surface area contributed by atoms with Crippen molar-refractivity contribution in [1.29, 1.82) is 0 Å². The van der Waals surface area contributed by atoms with E-state index in [1.54, 1.807) is 0 Å². The fourth-order valence-corrected chi connectivity index (χ4v) is 3.34. The summed E-state index contributed by atoms with van der Waals surface area (Å²) < 4.78 is 0.